The van der Waals surface area contributed by atoms with Gasteiger partial charge >= 0.3 is 0 Å². The highest BCUT2D eigenvalue weighted by atomic mass is 79.9. The van der Waals surface area contributed by atoms with E-state index in [1.54, 1.807) is 18.2 Å². The van der Waals surface area contributed by atoms with E-state index in [0.29, 0.717) is 11.3 Å². The Hall–Kier alpha value is -1.13. The molecular weight excluding hydrogens is 246 g/mol. The van der Waals surface area contributed by atoms with E-state index in [2.05, 4.69) is 27.8 Å². The highest BCUT2D eigenvalue weighted by Crippen LogP contribution is 2.21. The molecule has 0 atom stereocenters. The van der Waals surface area contributed by atoms with Crippen LogP contribution in [0.25, 0.3) is 0 Å². The van der Waals surface area contributed by atoms with Crippen LogP contribution in [0.5, 0.6) is 0 Å². The van der Waals surface area contributed by atoms with Gasteiger partial charge < -0.3 is 10.4 Å². The Morgan fingerprint density at radius 2 is 2.36 bits per heavy atom. The van der Waals surface area contributed by atoms with E-state index in [-0.39, 0.29) is 12.5 Å². The van der Waals surface area contributed by atoms with Crippen molar-refractivity contribution in [2.45, 2.75) is 6.61 Å². The first kappa shape index (κ1) is 10.9. The van der Waals surface area contributed by atoms with Crippen LogP contribution < -0.4 is 5.32 Å². The molecule has 0 unspecified atom stereocenters. The molecule has 0 radical (unpaired) electrons. The molecular formula is C10H10BrNO2. The van der Waals surface area contributed by atoms with Gasteiger partial charge in [0, 0.05) is 15.7 Å². The van der Waals surface area contributed by atoms with Crippen molar-refractivity contribution >= 4 is 27.5 Å². The second-order valence-corrected chi connectivity index (χ2v) is 3.57. The van der Waals surface area contributed by atoms with Crippen molar-refractivity contribution in [1.82, 2.24) is 0 Å². The fourth-order valence-corrected chi connectivity index (χ4v) is 1.35. The summed E-state index contributed by atoms with van der Waals surface area (Å²) in [5.74, 6) is -0.294. The van der Waals surface area contributed by atoms with Gasteiger partial charge in [-0.15, -0.1) is 0 Å². The van der Waals surface area contributed by atoms with Crippen LogP contribution in [0.15, 0.2) is 35.3 Å². The minimum Gasteiger partial charge on any atom is -0.392 e. The van der Waals surface area contributed by atoms with E-state index in [4.69, 9.17) is 5.11 Å². The Morgan fingerprint density at radius 1 is 1.64 bits per heavy atom. The normalized spacial score (nSPS) is 9.57. The number of aliphatic hydroxyl groups excluding tert-OH is 1. The fourth-order valence-electron chi connectivity index (χ4n) is 0.987. The van der Waals surface area contributed by atoms with E-state index < -0.39 is 0 Å². The molecule has 0 saturated carbocycles. The summed E-state index contributed by atoms with van der Waals surface area (Å²) in [6, 6.07) is 5.27. The number of rotatable bonds is 3. The third-order valence-corrected chi connectivity index (χ3v) is 2.18. The van der Waals surface area contributed by atoms with Crippen molar-refractivity contribution in [2.75, 3.05) is 5.32 Å². The molecule has 0 aromatic heterocycles. The zero-order valence-corrected chi connectivity index (χ0v) is 9.04. The smallest absolute Gasteiger partial charge is 0.247 e. The lowest BCUT2D eigenvalue weighted by molar-refractivity contribution is -0.111. The quantitative estimate of drug-likeness (QED) is 0.813. The van der Waals surface area contributed by atoms with Gasteiger partial charge in [0.2, 0.25) is 5.91 Å². The molecule has 0 aliphatic heterocycles. The molecule has 0 aliphatic rings. The van der Waals surface area contributed by atoms with Gasteiger partial charge in [0.05, 0.1) is 6.61 Å². The summed E-state index contributed by atoms with van der Waals surface area (Å²) >= 11 is 3.28. The summed E-state index contributed by atoms with van der Waals surface area (Å²) < 4.78 is 0.842. The molecule has 0 bridgehead atoms. The van der Waals surface area contributed by atoms with Crippen molar-refractivity contribution in [3.63, 3.8) is 0 Å². The fraction of sp³-hybridized carbons (Fsp3) is 0.100. The summed E-state index contributed by atoms with van der Waals surface area (Å²) in [4.78, 5) is 11.0. The van der Waals surface area contributed by atoms with Crippen molar-refractivity contribution in [1.29, 1.82) is 0 Å². The van der Waals surface area contributed by atoms with Crippen LogP contribution in [0.2, 0.25) is 0 Å². The van der Waals surface area contributed by atoms with Crippen LogP contribution >= 0.6 is 15.9 Å². The lowest BCUT2D eigenvalue weighted by atomic mass is 10.2. The second-order valence-electron chi connectivity index (χ2n) is 2.65. The van der Waals surface area contributed by atoms with Crippen LogP contribution in [0.1, 0.15) is 5.56 Å². The summed E-state index contributed by atoms with van der Waals surface area (Å²) in [7, 11) is 0. The largest absolute Gasteiger partial charge is 0.392 e. The number of anilines is 1. The van der Waals surface area contributed by atoms with Gasteiger partial charge in [-0.1, -0.05) is 28.6 Å². The molecule has 1 aromatic rings. The molecule has 0 fully saturated rings. The molecule has 1 aromatic carbocycles. The molecule has 3 nitrogen and oxygen atoms in total. The SMILES string of the molecule is C=CC(=O)Nc1cc(Br)ccc1CO. The van der Waals surface area contributed by atoms with Crippen molar-refractivity contribution in [3.05, 3.63) is 40.9 Å². The maximum Gasteiger partial charge on any atom is 0.247 e. The summed E-state index contributed by atoms with van der Waals surface area (Å²) in [6.07, 6.45) is 1.18. The molecule has 0 saturated heterocycles. The third-order valence-electron chi connectivity index (χ3n) is 1.69. The first-order valence-electron chi connectivity index (χ1n) is 4.00. The van der Waals surface area contributed by atoms with Crippen molar-refractivity contribution < 1.29 is 9.90 Å². The minimum atomic E-state index is -0.294. The third kappa shape index (κ3) is 2.68. The Balaban J connectivity index is 2.98. The molecule has 14 heavy (non-hydrogen) atoms. The molecule has 74 valence electrons. The summed E-state index contributed by atoms with van der Waals surface area (Å²) in [5, 5.41) is 11.6. The first-order chi connectivity index (χ1) is 6.67. The predicted octanol–water partition coefficient (Wildman–Crippen LogP) is 2.07. The topological polar surface area (TPSA) is 49.3 Å². The van der Waals surface area contributed by atoms with Crippen LogP contribution in [0.4, 0.5) is 5.69 Å². The van der Waals surface area contributed by atoms with Gasteiger partial charge in [-0.05, 0) is 18.2 Å². The highest BCUT2D eigenvalue weighted by Gasteiger charge is 2.04. The van der Waals surface area contributed by atoms with E-state index in [9.17, 15) is 4.79 Å². The second kappa shape index (κ2) is 4.93. The van der Waals surface area contributed by atoms with Crippen LogP contribution in [0.3, 0.4) is 0 Å². The Morgan fingerprint density at radius 3 is 2.93 bits per heavy atom. The number of halogens is 1. The van der Waals surface area contributed by atoms with Gasteiger partial charge in [0.1, 0.15) is 0 Å². The number of aliphatic hydroxyl groups is 1. The number of benzene rings is 1. The minimum absolute atomic E-state index is 0.111. The first-order valence-corrected chi connectivity index (χ1v) is 4.79. The van der Waals surface area contributed by atoms with E-state index in [1.165, 1.54) is 6.08 Å². The van der Waals surface area contributed by atoms with Crippen molar-refractivity contribution in [2.24, 2.45) is 0 Å². The zero-order chi connectivity index (χ0) is 10.6. The zero-order valence-electron chi connectivity index (χ0n) is 7.46. The van der Waals surface area contributed by atoms with Crippen LogP contribution in [0, 0.1) is 0 Å². The highest BCUT2D eigenvalue weighted by molar-refractivity contribution is 9.10. The molecule has 0 heterocycles. The van der Waals surface area contributed by atoms with E-state index in [1.807, 2.05) is 0 Å². The molecule has 0 spiro atoms. The average Bonchev–Trinajstić information content (AvgIpc) is 2.18. The molecule has 1 amide bonds. The summed E-state index contributed by atoms with van der Waals surface area (Å²) in [6.45, 7) is 3.24. The Labute approximate surface area is 90.6 Å². The van der Waals surface area contributed by atoms with Gasteiger partial charge in [0.25, 0.3) is 0 Å². The maximum atomic E-state index is 11.0. The number of hydrogen-bond donors (Lipinski definition) is 2. The van der Waals surface area contributed by atoms with E-state index in [0.717, 1.165) is 4.47 Å². The Kier molecular flexibility index (Phi) is 3.85. The summed E-state index contributed by atoms with van der Waals surface area (Å²) in [5.41, 5.74) is 1.26. The Bertz CT molecular complexity index is 363. The predicted molar refractivity (Wildman–Crippen MR) is 58.9 cm³/mol. The number of amides is 1. The molecule has 4 heteroatoms. The average molecular weight is 256 g/mol. The maximum absolute atomic E-state index is 11.0. The number of hydrogen-bond acceptors (Lipinski definition) is 2. The number of carbonyl (C=O) groups excluding carboxylic acids is 1. The number of carbonyl (C=O) groups is 1. The standard InChI is InChI=1S/C10H10BrNO2/c1-2-10(14)12-9-5-8(11)4-3-7(9)6-13/h2-5,13H,1,6H2,(H,12,14). The lowest BCUT2D eigenvalue weighted by Gasteiger charge is -2.07. The molecule has 1 rings (SSSR count). The van der Waals surface area contributed by atoms with Gasteiger partial charge in [0.15, 0.2) is 0 Å². The van der Waals surface area contributed by atoms with Gasteiger partial charge in [-0.25, -0.2) is 0 Å². The lowest BCUT2D eigenvalue weighted by Crippen LogP contribution is -2.09. The molecule has 2 N–H and O–H groups in total. The van der Waals surface area contributed by atoms with E-state index >= 15 is 0 Å². The van der Waals surface area contributed by atoms with Crippen LogP contribution in [-0.2, 0) is 11.4 Å². The number of nitrogens with one attached hydrogen (secondary N) is 1. The monoisotopic (exact) mass is 255 g/mol. The van der Waals surface area contributed by atoms with Gasteiger partial charge in [-0.3, -0.25) is 4.79 Å². The van der Waals surface area contributed by atoms with Crippen molar-refractivity contribution in [3.8, 4) is 0 Å². The molecule has 0 aliphatic carbocycles. The van der Waals surface area contributed by atoms with Gasteiger partial charge in [-0.2, -0.15) is 0 Å². The van der Waals surface area contributed by atoms with Crippen LogP contribution in [-0.4, -0.2) is 11.0 Å².